The molecule has 118 valence electrons. The van der Waals surface area contributed by atoms with Crippen LogP contribution in [0.25, 0.3) is 0 Å². The molecule has 0 spiro atoms. The zero-order valence-electron chi connectivity index (χ0n) is 12.9. The van der Waals surface area contributed by atoms with E-state index in [2.05, 4.69) is 27.4 Å². The fourth-order valence-corrected chi connectivity index (χ4v) is 3.23. The van der Waals surface area contributed by atoms with Gasteiger partial charge < -0.3 is 10.2 Å². The van der Waals surface area contributed by atoms with Gasteiger partial charge in [-0.3, -0.25) is 9.78 Å². The molecule has 3 rings (SSSR count). The highest BCUT2D eigenvalue weighted by molar-refractivity contribution is 5.92. The molecule has 1 fully saturated rings. The van der Waals surface area contributed by atoms with Gasteiger partial charge in [-0.05, 0) is 44.6 Å². The first-order valence-electron chi connectivity index (χ1n) is 8.26. The Morgan fingerprint density at radius 3 is 2.77 bits per heavy atom. The van der Waals surface area contributed by atoms with E-state index in [0.717, 1.165) is 38.4 Å². The summed E-state index contributed by atoms with van der Waals surface area (Å²) in [4.78, 5) is 22.3. The molecule has 1 aromatic heterocycles. The van der Waals surface area contributed by atoms with Crippen molar-refractivity contribution in [3.63, 3.8) is 0 Å². The maximum atomic E-state index is 12.3. The number of amides is 1. The summed E-state index contributed by atoms with van der Waals surface area (Å²) in [7, 11) is 0. The minimum atomic E-state index is 0.00367. The number of hydrogen-bond donors (Lipinski definition) is 1. The number of rotatable bonds is 4. The number of carbonyl (C=O) groups is 1. The summed E-state index contributed by atoms with van der Waals surface area (Å²) >= 11 is 0. The van der Waals surface area contributed by atoms with Crippen molar-refractivity contribution in [2.45, 2.75) is 38.1 Å². The van der Waals surface area contributed by atoms with Crippen LogP contribution >= 0.6 is 0 Å². The van der Waals surface area contributed by atoms with E-state index < -0.39 is 0 Å². The molecule has 2 heterocycles. The third kappa shape index (κ3) is 3.91. The van der Waals surface area contributed by atoms with Crippen molar-refractivity contribution in [3.05, 3.63) is 36.4 Å². The second-order valence-corrected chi connectivity index (χ2v) is 6.22. The predicted octanol–water partition coefficient (Wildman–Crippen LogP) is 2.03. The summed E-state index contributed by atoms with van der Waals surface area (Å²) in [5, 5.41) is 3.69. The zero-order chi connectivity index (χ0) is 15.2. The molecular weight excluding hydrogens is 276 g/mol. The SMILES string of the molecule is O=C(c1cnccn1)N1CCC(NCC2CC=CCC2)CC1. The summed E-state index contributed by atoms with van der Waals surface area (Å²) in [6, 6.07) is 0.539. The number of carbonyl (C=O) groups excluding carboxylic acids is 1. The van der Waals surface area contributed by atoms with Crippen LogP contribution in [0.2, 0.25) is 0 Å². The highest BCUT2D eigenvalue weighted by atomic mass is 16.2. The van der Waals surface area contributed by atoms with Crippen molar-refractivity contribution in [2.24, 2.45) is 5.92 Å². The molecular formula is C17H24N4O. The Balaban J connectivity index is 1.42. The highest BCUT2D eigenvalue weighted by Gasteiger charge is 2.24. The van der Waals surface area contributed by atoms with Crippen LogP contribution in [0.1, 0.15) is 42.6 Å². The zero-order valence-corrected chi connectivity index (χ0v) is 12.9. The van der Waals surface area contributed by atoms with Crippen LogP contribution in [-0.2, 0) is 0 Å². The van der Waals surface area contributed by atoms with E-state index in [1.807, 2.05) is 4.90 Å². The Kier molecular flexibility index (Phi) is 5.16. The maximum Gasteiger partial charge on any atom is 0.274 e. The summed E-state index contributed by atoms with van der Waals surface area (Å²) in [5.74, 6) is 0.785. The molecule has 1 aliphatic carbocycles. The van der Waals surface area contributed by atoms with Gasteiger partial charge in [0.05, 0.1) is 6.20 Å². The normalized spacial score (nSPS) is 22.7. The molecule has 0 saturated carbocycles. The molecule has 1 amide bonds. The molecule has 1 saturated heterocycles. The molecule has 1 unspecified atom stereocenters. The second kappa shape index (κ2) is 7.49. The molecule has 22 heavy (non-hydrogen) atoms. The first kappa shape index (κ1) is 15.2. The van der Waals surface area contributed by atoms with E-state index in [4.69, 9.17) is 0 Å². The number of likely N-dealkylation sites (tertiary alicyclic amines) is 1. The number of piperidine rings is 1. The number of hydrogen-bond acceptors (Lipinski definition) is 4. The Morgan fingerprint density at radius 1 is 1.23 bits per heavy atom. The van der Waals surface area contributed by atoms with Crippen molar-refractivity contribution in [3.8, 4) is 0 Å². The van der Waals surface area contributed by atoms with Gasteiger partial charge in [-0.25, -0.2) is 4.98 Å². The van der Waals surface area contributed by atoms with E-state index in [0.29, 0.717) is 11.7 Å². The highest BCUT2D eigenvalue weighted by Crippen LogP contribution is 2.18. The molecule has 5 heteroatoms. The van der Waals surface area contributed by atoms with Crippen LogP contribution in [0.15, 0.2) is 30.7 Å². The molecule has 0 aromatic carbocycles. The minimum Gasteiger partial charge on any atom is -0.337 e. The number of nitrogens with zero attached hydrogens (tertiary/aromatic N) is 3. The predicted molar refractivity (Wildman–Crippen MR) is 85.4 cm³/mol. The summed E-state index contributed by atoms with van der Waals surface area (Å²) in [5.41, 5.74) is 0.447. The quantitative estimate of drug-likeness (QED) is 0.864. The smallest absolute Gasteiger partial charge is 0.274 e. The van der Waals surface area contributed by atoms with Gasteiger partial charge in [-0.1, -0.05) is 12.2 Å². The van der Waals surface area contributed by atoms with Gasteiger partial charge in [-0.15, -0.1) is 0 Å². The first-order chi connectivity index (χ1) is 10.8. The van der Waals surface area contributed by atoms with Crippen LogP contribution in [0.5, 0.6) is 0 Å². The minimum absolute atomic E-state index is 0.00367. The topological polar surface area (TPSA) is 58.1 Å². The molecule has 2 aliphatic rings. The van der Waals surface area contributed by atoms with Gasteiger partial charge in [0.15, 0.2) is 0 Å². The lowest BCUT2D eigenvalue weighted by molar-refractivity contribution is 0.0697. The molecule has 0 radical (unpaired) electrons. The Hall–Kier alpha value is -1.75. The van der Waals surface area contributed by atoms with Crippen molar-refractivity contribution >= 4 is 5.91 Å². The number of nitrogens with one attached hydrogen (secondary N) is 1. The lowest BCUT2D eigenvalue weighted by Gasteiger charge is -2.33. The molecule has 1 N–H and O–H groups in total. The van der Waals surface area contributed by atoms with Gasteiger partial charge in [-0.2, -0.15) is 0 Å². The van der Waals surface area contributed by atoms with Crippen molar-refractivity contribution in [1.82, 2.24) is 20.2 Å². The Bertz CT molecular complexity index is 509. The van der Waals surface area contributed by atoms with Crippen molar-refractivity contribution < 1.29 is 4.79 Å². The number of aromatic nitrogens is 2. The average molecular weight is 300 g/mol. The van der Waals surface area contributed by atoms with Gasteiger partial charge in [0.25, 0.3) is 5.91 Å². The average Bonchev–Trinajstić information content (AvgIpc) is 2.61. The van der Waals surface area contributed by atoms with Gasteiger partial charge in [0, 0.05) is 31.5 Å². The molecule has 0 bridgehead atoms. The van der Waals surface area contributed by atoms with Gasteiger partial charge >= 0.3 is 0 Å². The van der Waals surface area contributed by atoms with E-state index in [-0.39, 0.29) is 5.91 Å². The van der Waals surface area contributed by atoms with Crippen LogP contribution in [0.3, 0.4) is 0 Å². The molecule has 1 aromatic rings. The Morgan fingerprint density at radius 2 is 2.09 bits per heavy atom. The van der Waals surface area contributed by atoms with E-state index in [1.54, 1.807) is 18.6 Å². The van der Waals surface area contributed by atoms with Crippen molar-refractivity contribution in [2.75, 3.05) is 19.6 Å². The largest absolute Gasteiger partial charge is 0.337 e. The van der Waals surface area contributed by atoms with Crippen LogP contribution in [0, 0.1) is 5.92 Å². The fourth-order valence-electron chi connectivity index (χ4n) is 3.23. The second-order valence-electron chi connectivity index (χ2n) is 6.22. The van der Waals surface area contributed by atoms with E-state index in [9.17, 15) is 4.79 Å². The maximum absolute atomic E-state index is 12.3. The summed E-state index contributed by atoms with van der Waals surface area (Å²) < 4.78 is 0. The van der Waals surface area contributed by atoms with Gasteiger partial charge in [0.2, 0.25) is 0 Å². The molecule has 1 atom stereocenters. The first-order valence-corrected chi connectivity index (χ1v) is 8.26. The lowest BCUT2D eigenvalue weighted by Crippen LogP contribution is -2.46. The van der Waals surface area contributed by atoms with Gasteiger partial charge in [0.1, 0.15) is 5.69 Å². The summed E-state index contributed by atoms with van der Waals surface area (Å²) in [6.07, 6.45) is 15.1. The summed E-state index contributed by atoms with van der Waals surface area (Å²) in [6.45, 7) is 2.71. The fraction of sp³-hybridized carbons (Fsp3) is 0.588. The monoisotopic (exact) mass is 300 g/mol. The lowest BCUT2D eigenvalue weighted by atomic mass is 9.93. The third-order valence-electron chi connectivity index (χ3n) is 4.64. The van der Waals surface area contributed by atoms with E-state index in [1.165, 1.54) is 19.3 Å². The van der Waals surface area contributed by atoms with Crippen LogP contribution in [-0.4, -0.2) is 46.5 Å². The number of allylic oxidation sites excluding steroid dienone is 2. The van der Waals surface area contributed by atoms with E-state index >= 15 is 0 Å². The third-order valence-corrected chi connectivity index (χ3v) is 4.64. The van der Waals surface area contributed by atoms with Crippen molar-refractivity contribution in [1.29, 1.82) is 0 Å². The molecule has 1 aliphatic heterocycles. The van der Waals surface area contributed by atoms with Crippen LogP contribution < -0.4 is 5.32 Å². The standard InChI is InChI=1S/C17H24N4O/c22-17(16-13-18-8-9-19-16)21-10-6-15(7-11-21)20-12-14-4-2-1-3-5-14/h1-2,8-9,13-15,20H,3-7,10-12H2. The van der Waals surface area contributed by atoms with Crippen LogP contribution in [0.4, 0.5) is 0 Å². The Labute approximate surface area is 131 Å². The molecule has 5 nitrogen and oxygen atoms in total.